The molecule has 0 unspecified atom stereocenters. The van der Waals surface area contributed by atoms with E-state index in [1.54, 1.807) is 19.1 Å². The average Bonchev–Trinajstić information content (AvgIpc) is 1.59. The molecule has 0 saturated heterocycles. The molecule has 0 aromatic rings. The van der Waals surface area contributed by atoms with Crippen molar-refractivity contribution < 1.29 is 4.57 Å². The van der Waals surface area contributed by atoms with Crippen molar-refractivity contribution in [2.45, 2.75) is 13.8 Å². The Morgan fingerprint density at radius 1 is 1.44 bits per heavy atom. The summed E-state index contributed by atoms with van der Waals surface area (Å²) in [4.78, 5) is 0. The van der Waals surface area contributed by atoms with E-state index >= 15 is 0 Å². The molecule has 0 rings (SSSR count). The molecule has 0 aromatic heterocycles. The lowest BCUT2D eigenvalue weighted by Crippen LogP contribution is -1.63. The van der Waals surface area contributed by atoms with Crippen LogP contribution in [0.4, 0.5) is 0 Å². The van der Waals surface area contributed by atoms with E-state index in [-0.39, 0.29) is 0 Å². The summed E-state index contributed by atoms with van der Waals surface area (Å²) in [6.07, 6.45) is 0. The second-order valence-electron chi connectivity index (χ2n) is 2.71. The van der Waals surface area contributed by atoms with E-state index in [2.05, 4.69) is 5.73 Å². The first kappa shape index (κ1) is 8.75. The van der Waals surface area contributed by atoms with Crippen LogP contribution in [0.2, 0.25) is 0 Å². The molecule has 0 aromatic carbocycles. The smallest absolute Gasteiger partial charge is 0.110 e. The third kappa shape index (κ3) is 7.75. The summed E-state index contributed by atoms with van der Waals surface area (Å²) in [6.45, 7) is 7.32. The minimum absolute atomic E-state index is 1.07. The first-order valence-electron chi connectivity index (χ1n) is 2.87. The van der Waals surface area contributed by atoms with Crippen molar-refractivity contribution in [2.75, 3.05) is 13.3 Å². The average molecular weight is 144 g/mol. The van der Waals surface area contributed by atoms with Crippen molar-refractivity contribution in [2.24, 2.45) is 0 Å². The van der Waals surface area contributed by atoms with Crippen molar-refractivity contribution in [1.82, 2.24) is 0 Å². The second kappa shape index (κ2) is 3.06. The first-order valence-corrected chi connectivity index (χ1v) is 5.54. The number of hydrogen-bond acceptors (Lipinski definition) is 1. The molecular weight excluding hydrogens is 131 g/mol. The summed E-state index contributed by atoms with van der Waals surface area (Å²) < 4.78 is 11.0. The van der Waals surface area contributed by atoms with Gasteiger partial charge in [0.1, 0.15) is 7.14 Å². The number of rotatable bonds is 1. The molecule has 0 atom stereocenters. The molecule has 0 aliphatic heterocycles. The Morgan fingerprint density at radius 2 is 1.89 bits per heavy atom. The van der Waals surface area contributed by atoms with Crippen molar-refractivity contribution in [3.63, 3.8) is 0 Å². The molecule has 0 heterocycles. The Balaban J connectivity index is 4.37. The van der Waals surface area contributed by atoms with E-state index in [9.17, 15) is 4.57 Å². The normalized spacial score (nSPS) is 10.2. The van der Waals surface area contributed by atoms with Crippen molar-refractivity contribution in [3.8, 4) is 0 Å². The molecule has 9 heavy (non-hydrogen) atoms. The van der Waals surface area contributed by atoms with Gasteiger partial charge in [-0.15, -0.1) is 5.73 Å². The van der Waals surface area contributed by atoms with Crippen LogP contribution in [0.25, 0.3) is 0 Å². The van der Waals surface area contributed by atoms with Crippen LogP contribution in [0.1, 0.15) is 13.8 Å². The van der Waals surface area contributed by atoms with Crippen LogP contribution in [0, 0.1) is 0 Å². The Labute approximate surface area is 56.8 Å². The summed E-state index contributed by atoms with van der Waals surface area (Å²) in [5.74, 6) is 1.66. The zero-order valence-electron chi connectivity index (χ0n) is 6.43. The van der Waals surface area contributed by atoms with Gasteiger partial charge in [0, 0.05) is 5.82 Å². The van der Waals surface area contributed by atoms with Gasteiger partial charge in [0.05, 0.1) is 0 Å². The largest absolute Gasteiger partial charge is 0.319 e. The van der Waals surface area contributed by atoms with Crippen molar-refractivity contribution >= 4 is 7.14 Å². The highest BCUT2D eigenvalue weighted by atomic mass is 31.2. The van der Waals surface area contributed by atoms with E-state index in [1.807, 2.05) is 13.8 Å². The molecule has 0 saturated carbocycles. The number of allylic oxidation sites excluding steroid dienone is 1. The minimum Gasteiger partial charge on any atom is -0.319 e. The van der Waals surface area contributed by atoms with Gasteiger partial charge in [-0.3, -0.25) is 0 Å². The van der Waals surface area contributed by atoms with Gasteiger partial charge in [0.15, 0.2) is 0 Å². The van der Waals surface area contributed by atoms with Gasteiger partial charge in [-0.25, -0.2) is 0 Å². The molecule has 0 amide bonds. The molecule has 0 fully saturated rings. The maximum atomic E-state index is 11.0. The zero-order valence-corrected chi connectivity index (χ0v) is 7.33. The second-order valence-corrected chi connectivity index (χ2v) is 5.83. The van der Waals surface area contributed by atoms with Gasteiger partial charge in [0.25, 0.3) is 0 Å². The molecule has 0 aliphatic carbocycles. The van der Waals surface area contributed by atoms with Gasteiger partial charge >= 0.3 is 0 Å². The van der Waals surface area contributed by atoms with E-state index in [0.29, 0.717) is 0 Å². The van der Waals surface area contributed by atoms with Crippen molar-refractivity contribution in [3.05, 3.63) is 17.1 Å². The molecule has 0 radical (unpaired) electrons. The molecular formula is C7H13OP. The summed E-state index contributed by atoms with van der Waals surface area (Å²) in [6, 6.07) is 0. The predicted molar refractivity (Wildman–Crippen MR) is 42.4 cm³/mol. The Hall–Kier alpha value is -0.250. The van der Waals surface area contributed by atoms with Crippen LogP contribution >= 0.6 is 7.14 Å². The predicted octanol–water partition coefficient (Wildman–Crippen LogP) is 2.69. The maximum absolute atomic E-state index is 11.0. The van der Waals surface area contributed by atoms with Gasteiger partial charge < -0.3 is 4.57 Å². The van der Waals surface area contributed by atoms with Gasteiger partial charge in [0.2, 0.25) is 0 Å². The fraction of sp³-hybridized carbons (Fsp3) is 0.571. The van der Waals surface area contributed by atoms with Crippen molar-refractivity contribution in [1.29, 1.82) is 0 Å². The third-order valence-corrected chi connectivity index (χ3v) is 1.42. The molecule has 0 spiro atoms. The lowest BCUT2D eigenvalue weighted by Gasteiger charge is -1.91. The summed E-state index contributed by atoms with van der Waals surface area (Å²) in [5, 5.41) is 0. The lowest BCUT2D eigenvalue weighted by atomic mass is 10.4. The lowest BCUT2D eigenvalue weighted by molar-refractivity contribution is 0.588. The Kier molecular flexibility index (Phi) is 2.97. The van der Waals surface area contributed by atoms with Crippen LogP contribution in [0.3, 0.4) is 0 Å². The third-order valence-electron chi connectivity index (χ3n) is 0.664. The van der Waals surface area contributed by atoms with Crippen LogP contribution in [-0.4, -0.2) is 13.3 Å². The Bertz CT molecular complexity index is 187. The van der Waals surface area contributed by atoms with E-state index in [4.69, 9.17) is 0 Å². The molecule has 0 bridgehead atoms. The van der Waals surface area contributed by atoms with Crippen LogP contribution in [-0.2, 0) is 4.57 Å². The fourth-order valence-corrected chi connectivity index (χ4v) is 0.854. The Morgan fingerprint density at radius 3 is 2.00 bits per heavy atom. The van der Waals surface area contributed by atoms with Crippen LogP contribution in [0.5, 0.6) is 0 Å². The highest BCUT2D eigenvalue weighted by Gasteiger charge is 1.96. The fourth-order valence-electron chi connectivity index (χ4n) is 0.285. The molecule has 0 aliphatic rings. The van der Waals surface area contributed by atoms with E-state index < -0.39 is 7.14 Å². The summed E-state index contributed by atoms with van der Waals surface area (Å²) >= 11 is 0. The standard InChI is InChI=1S/C7H13OP/c1-7(2)5-6-9(3,4)8/h6H,1-4H3. The van der Waals surface area contributed by atoms with E-state index in [1.165, 1.54) is 0 Å². The van der Waals surface area contributed by atoms with Gasteiger partial charge in [-0.1, -0.05) is 0 Å². The zero-order chi connectivity index (χ0) is 7.49. The minimum atomic E-state index is -1.98. The quantitative estimate of drug-likeness (QED) is 0.408. The highest BCUT2D eigenvalue weighted by Crippen LogP contribution is 2.36. The topological polar surface area (TPSA) is 17.1 Å². The highest BCUT2D eigenvalue weighted by molar-refractivity contribution is 7.65. The van der Waals surface area contributed by atoms with Crippen LogP contribution < -0.4 is 0 Å². The van der Waals surface area contributed by atoms with E-state index in [0.717, 1.165) is 5.57 Å². The summed E-state index contributed by atoms with van der Waals surface area (Å²) in [7, 11) is -1.98. The maximum Gasteiger partial charge on any atom is 0.110 e. The first-order chi connectivity index (χ1) is 3.92. The molecule has 52 valence electrons. The molecule has 1 nitrogen and oxygen atoms in total. The number of hydrogen-bond donors (Lipinski definition) is 0. The monoisotopic (exact) mass is 144 g/mol. The van der Waals surface area contributed by atoms with Gasteiger partial charge in [-0.2, -0.15) is 0 Å². The van der Waals surface area contributed by atoms with Crippen LogP contribution in [0.15, 0.2) is 17.1 Å². The SMILES string of the molecule is CC(C)=C=CP(C)(C)=O. The summed E-state index contributed by atoms with van der Waals surface area (Å²) in [5.41, 5.74) is 3.98. The molecule has 0 N–H and O–H groups in total. The molecule has 2 heteroatoms. The van der Waals surface area contributed by atoms with Gasteiger partial charge in [-0.05, 0) is 32.8 Å².